The van der Waals surface area contributed by atoms with Gasteiger partial charge in [0.15, 0.2) is 17.7 Å². The fourth-order valence-electron chi connectivity index (χ4n) is 3.94. The van der Waals surface area contributed by atoms with Gasteiger partial charge >= 0.3 is 12.1 Å². The Morgan fingerprint density at radius 1 is 1.14 bits per heavy atom. The van der Waals surface area contributed by atoms with Crippen molar-refractivity contribution < 1.29 is 43.3 Å². The molecule has 0 aliphatic carbocycles. The van der Waals surface area contributed by atoms with Crippen molar-refractivity contribution in [1.29, 1.82) is 0 Å². The highest BCUT2D eigenvalue weighted by Crippen LogP contribution is 2.27. The summed E-state index contributed by atoms with van der Waals surface area (Å²) in [6.45, 7) is 5.17. The van der Waals surface area contributed by atoms with Gasteiger partial charge in [-0.25, -0.2) is 9.69 Å². The molecule has 0 unspecified atom stereocenters. The second kappa shape index (κ2) is 15.0. The monoisotopic (exact) mass is 517 g/mol. The molecule has 10 heteroatoms. The number of nitrogens with zero attached hydrogens (tertiary/aromatic N) is 1. The summed E-state index contributed by atoms with van der Waals surface area (Å²) in [7, 11) is 0. The van der Waals surface area contributed by atoms with E-state index in [2.05, 4.69) is 0 Å². The van der Waals surface area contributed by atoms with Gasteiger partial charge in [-0.1, -0.05) is 44.2 Å². The van der Waals surface area contributed by atoms with Crippen molar-refractivity contribution >= 4 is 29.5 Å². The number of benzene rings is 1. The summed E-state index contributed by atoms with van der Waals surface area (Å²) in [5.74, 6) is -3.90. The fraction of sp³-hybridized carbons (Fsp3) is 0.519. The molecule has 10 nitrogen and oxygen atoms in total. The van der Waals surface area contributed by atoms with Crippen LogP contribution in [0.5, 0.6) is 0 Å². The lowest BCUT2D eigenvalue weighted by Gasteiger charge is -2.30. The maximum Gasteiger partial charge on any atom is 0.416 e. The zero-order valence-electron chi connectivity index (χ0n) is 21.5. The maximum absolute atomic E-state index is 13.7. The van der Waals surface area contributed by atoms with Gasteiger partial charge in [0.05, 0.1) is 25.2 Å². The van der Waals surface area contributed by atoms with Crippen LogP contribution in [0.4, 0.5) is 4.79 Å². The van der Waals surface area contributed by atoms with Crippen LogP contribution < -0.4 is 0 Å². The lowest BCUT2D eigenvalue weighted by molar-refractivity contribution is -0.159. The first-order valence-corrected chi connectivity index (χ1v) is 12.3. The third-order valence-electron chi connectivity index (χ3n) is 5.85. The van der Waals surface area contributed by atoms with Gasteiger partial charge in [-0.2, -0.15) is 0 Å². The minimum Gasteiger partial charge on any atom is -0.453 e. The van der Waals surface area contributed by atoms with Crippen LogP contribution in [0.15, 0.2) is 42.5 Å². The molecular weight excluding hydrogens is 482 g/mol. The molecule has 0 bridgehead atoms. The molecule has 1 N–H and O–H groups in total. The molecule has 1 aliphatic rings. The number of imide groups is 1. The normalized spacial score (nSPS) is 17.1. The van der Waals surface area contributed by atoms with Gasteiger partial charge in [-0.3, -0.25) is 19.2 Å². The molecule has 0 saturated carbocycles. The summed E-state index contributed by atoms with van der Waals surface area (Å²) < 4.78 is 15.5. The van der Waals surface area contributed by atoms with Crippen LogP contribution in [-0.2, 0) is 39.8 Å². The van der Waals surface area contributed by atoms with Crippen LogP contribution in [-0.4, -0.2) is 78.1 Å². The topological polar surface area (TPSA) is 137 Å². The Morgan fingerprint density at radius 2 is 1.84 bits per heavy atom. The number of aliphatic hydroxyl groups excluding tert-OH is 1. The van der Waals surface area contributed by atoms with Crippen LogP contribution in [0.1, 0.15) is 39.2 Å². The van der Waals surface area contributed by atoms with Gasteiger partial charge < -0.3 is 19.3 Å². The number of ketones is 2. The number of amides is 2. The number of hydrogen-bond donors (Lipinski definition) is 1. The average molecular weight is 518 g/mol. The van der Waals surface area contributed by atoms with Crippen molar-refractivity contribution in [1.82, 2.24) is 4.90 Å². The van der Waals surface area contributed by atoms with Crippen molar-refractivity contribution in [2.24, 2.45) is 11.8 Å². The lowest BCUT2D eigenvalue weighted by Crippen LogP contribution is -2.50. The highest BCUT2D eigenvalue weighted by Gasteiger charge is 2.46. The molecule has 2 amide bonds. The summed E-state index contributed by atoms with van der Waals surface area (Å²) in [5, 5.41) is 8.71. The minimum atomic E-state index is -1.55. The molecule has 1 aliphatic heterocycles. The number of allylic oxidation sites excluding steroid dienone is 1. The van der Waals surface area contributed by atoms with Gasteiger partial charge in [0.1, 0.15) is 6.61 Å². The first-order valence-electron chi connectivity index (χ1n) is 12.3. The van der Waals surface area contributed by atoms with E-state index in [0.717, 1.165) is 24.0 Å². The van der Waals surface area contributed by atoms with Crippen molar-refractivity contribution in [2.45, 2.75) is 52.2 Å². The molecule has 0 aromatic heterocycles. The highest BCUT2D eigenvalue weighted by atomic mass is 16.6. The highest BCUT2D eigenvalue weighted by molar-refractivity contribution is 6.04. The Balaban J connectivity index is 2.30. The SMILES string of the molecule is CC(=O)O[C@@H](C(=O)C=CC(=O)CCCOCCO)[C@@H](Cc1ccccc1)C(=O)N1C(=O)OC[C@H]1C(C)C. The number of esters is 1. The average Bonchev–Trinajstić information content (AvgIpc) is 3.26. The second-order valence-electron chi connectivity index (χ2n) is 9.06. The van der Waals surface area contributed by atoms with E-state index in [-0.39, 0.29) is 51.0 Å². The maximum atomic E-state index is 13.7. The summed E-state index contributed by atoms with van der Waals surface area (Å²) in [6, 6.07) is 8.32. The zero-order chi connectivity index (χ0) is 27.4. The predicted molar refractivity (Wildman–Crippen MR) is 132 cm³/mol. The lowest BCUT2D eigenvalue weighted by atomic mass is 9.89. The van der Waals surface area contributed by atoms with Crippen molar-refractivity contribution in [2.75, 3.05) is 26.4 Å². The first kappa shape index (κ1) is 29.9. The third-order valence-corrected chi connectivity index (χ3v) is 5.85. The Labute approximate surface area is 216 Å². The van der Waals surface area contributed by atoms with Gasteiger partial charge in [-0.05, 0) is 36.5 Å². The van der Waals surface area contributed by atoms with E-state index in [1.54, 1.807) is 30.3 Å². The summed E-state index contributed by atoms with van der Waals surface area (Å²) in [5.41, 5.74) is 0.697. The van der Waals surface area contributed by atoms with E-state index in [1.807, 2.05) is 13.8 Å². The van der Waals surface area contributed by atoms with E-state index >= 15 is 0 Å². The van der Waals surface area contributed by atoms with Crippen LogP contribution >= 0.6 is 0 Å². The number of carbonyl (C=O) groups excluding carboxylic acids is 5. The Hall–Kier alpha value is -3.37. The standard InChI is InChI=1S/C27H35NO9/c1-18(2)23-17-36-27(34)28(23)26(33)22(16-20-8-5-4-6-9-20)25(37-19(3)30)24(32)12-11-21(31)10-7-14-35-15-13-29/h4-6,8-9,11-12,18,22-23,25,29H,7,10,13-17H2,1-3H3/t22-,23+,25-/m1/s1. The van der Waals surface area contributed by atoms with Gasteiger partial charge in [0, 0.05) is 20.0 Å². The second-order valence-corrected chi connectivity index (χ2v) is 9.06. The zero-order valence-corrected chi connectivity index (χ0v) is 21.5. The predicted octanol–water partition coefficient (Wildman–Crippen LogP) is 2.26. The van der Waals surface area contributed by atoms with E-state index in [9.17, 15) is 24.0 Å². The fourth-order valence-corrected chi connectivity index (χ4v) is 3.94. The van der Waals surface area contributed by atoms with Gasteiger partial charge in [-0.15, -0.1) is 0 Å². The smallest absolute Gasteiger partial charge is 0.416 e. The van der Waals surface area contributed by atoms with Gasteiger partial charge in [0.2, 0.25) is 5.91 Å². The van der Waals surface area contributed by atoms with Gasteiger partial charge in [0.25, 0.3) is 0 Å². The number of rotatable bonds is 15. The molecular formula is C27H35NO9. The number of cyclic esters (lactones) is 1. The van der Waals surface area contributed by atoms with Crippen molar-refractivity contribution in [3.8, 4) is 0 Å². The number of ether oxygens (including phenoxy) is 3. The molecule has 1 aromatic rings. The molecule has 1 aromatic carbocycles. The van der Waals surface area contributed by atoms with E-state index in [4.69, 9.17) is 19.3 Å². The molecule has 2 rings (SSSR count). The molecule has 3 atom stereocenters. The molecule has 202 valence electrons. The Kier molecular flexibility index (Phi) is 12.1. The Morgan fingerprint density at radius 3 is 2.46 bits per heavy atom. The molecule has 0 radical (unpaired) electrons. The number of hydrogen-bond acceptors (Lipinski definition) is 9. The van der Waals surface area contributed by atoms with Crippen LogP contribution in [0, 0.1) is 11.8 Å². The molecule has 1 saturated heterocycles. The van der Waals surface area contributed by atoms with E-state index in [0.29, 0.717) is 12.0 Å². The molecule has 1 heterocycles. The largest absolute Gasteiger partial charge is 0.453 e. The minimum absolute atomic E-state index is 0.0158. The molecule has 0 spiro atoms. The quantitative estimate of drug-likeness (QED) is 0.211. The van der Waals surface area contributed by atoms with Crippen LogP contribution in [0.25, 0.3) is 0 Å². The van der Waals surface area contributed by atoms with E-state index in [1.165, 1.54) is 0 Å². The number of carbonyl (C=O) groups is 5. The molecule has 37 heavy (non-hydrogen) atoms. The van der Waals surface area contributed by atoms with Crippen molar-refractivity contribution in [3.05, 3.63) is 48.0 Å². The Bertz CT molecular complexity index is 973. The van der Waals surface area contributed by atoms with Crippen LogP contribution in [0.3, 0.4) is 0 Å². The van der Waals surface area contributed by atoms with Crippen molar-refractivity contribution in [3.63, 3.8) is 0 Å². The summed E-state index contributed by atoms with van der Waals surface area (Å²) in [6.07, 6.45) is 0.229. The third kappa shape index (κ3) is 9.22. The number of aliphatic hydroxyl groups is 1. The first-order chi connectivity index (χ1) is 17.6. The summed E-state index contributed by atoms with van der Waals surface area (Å²) >= 11 is 0. The molecule has 1 fully saturated rings. The van der Waals surface area contributed by atoms with E-state index < -0.39 is 41.8 Å². The van der Waals surface area contributed by atoms with Crippen LogP contribution in [0.2, 0.25) is 0 Å². The summed E-state index contributed by atoms with van der Waals surface area (Å²) in [4.78, 5) is 64.6.